The van der Waals surface area contributed by atoms with Crippen LogP contribution in [0.15, 0.2) is 29.6 Å². The zero-order chi connectivity index (χ0) is 12.7. The molecular weight excluding hydrogens is 246 g/mol. The van der Waals surface area contributed by atoms with Crippen molar-refractivity contribution in [3.63, 3.8) is 0 Å². The van der Waals surface area contributed by atoms with Crippen LogP contribution in [-0.4, -0.2) is 16.7 Å². The van der Waals surface area contributed by atoms with Gasteiger partial charge in [-0.2, -0.15) is 0 Å². The van der Waals surface area contributed by atoms with Crippen molar-refractivity contribution in [1.29, 1.82) is 0 Å². The highest BCUT2D eigenvalue weighted by Crippen LogP contribution is 2.32. The van der Waals surface area contributed by atoms with Crippen LogP contribution in [0.1, 0.15) is 0 Å². The molecule has 0 amide bonds. The highest BCUT2D eigenvalue weighted by Gasteiger charge is 2.13. The lowest BCUT2D eigenvalue weighted by Crippen LogP contribution is -1.93. The van der Waals surface area contributed by atoms with Crippen molar-refractivity contribution in [2.24, 2.45) is 7.05 Å². The number of rotatable bonds is 2. The number of aryl methyl sites for hydroxylation is 1. The summed E-state index contributed by atoms with van der Waals surface area (Å²) in [4.78, 5) is 4.63. The number of hydrogen-bond donors (Lipinski definition) is 1. The number of nitrogens with two attached hydrogens (primary N) is 1. The first-order chi connectivity index (χ1) is 8.70. The minimum absolute atomic E-state index is 0.792. The minimum atomic E-state index is 0.792. The fraction of sp³-hybridized carbons (Fsp3) is 0.154. The van der Waals surface area contributed by atoms with Gasteiger partial charge in [0.1, 0.15) is 11.6 Å². The highest BCUT2D eigenvalue weighted by atomic mass is 32.1. The van der Waals surface area contributed by atoms with E-state index in [0.717, 1.165) is 33.2 Å². The van der Waals surface area contributed by atoms with Crippen LogP contribution in [0.4, 0.5) is 5.00 Å². The maximum Gasteiger partial charge on any atom is 0.143 e. The number of ether oxygens (including phenoxy) is 1. The van der Waals surface area contributed by atoms with Crippen molar-refractivity contribution in [2.75, 3.05) is 12.8 Å². The standard InChI is InChI=1S/C13H13N3OS/c1-16-11-4-3-8(17-2)7-10(11)15-13(16)9-5-6-18-12(9)14/h3-7H,14H2,1-2H3. The van der Waals surface area contributed by atoms with Gasteiger partial charge in [-0.15, -0.1) is 11.3 Å². The Hall–Kier alpha value is -2.01. The van der Waals surface area contributed by atoms with E-state index in [9.17, 15) is 0 Å². The zero-order valence-corrected chi connectivity index (χ0v) is 11.0. The molecule has 0 atom stereocenters. The largest absolute Gasteiger partial charge is 0.497 e. The van der Waals surface area contributed by atoms with Crippen LogP contribution in [-0.2, 0) is 7.05 Å². The summed E-state index contributed by atoms with van der Waals surface area (Å²) in [5.74, 6) is 1.70. The number of aromatic nitrogens is 2. The van der Waals surface area contributed by atoms with E-state index in [1.54, 1.807) is 7.11 Å². The van der Waals surface area contributed by atoms with Crippen LogP contribution >= 0.6 is 11.3 Å². The summed E-state index contributed by atoms with van der Waals surface area (Å²) in [7, 11) is 3.65. The molecule has 3 rings (SSSR count). The van der Waals surface area contributed by atoms with E-state index >= 15 is 0 Å². The third kappa shape index (κ3) is 1.55. The molecule has 0 spiro atoms. The predicted octanol–water partition coefficient (Wildman–Crippen LogP) is 2.89. The summed E-state index contributed by atoms with van der Waals surface area (Å²) in [5.41, 5.74) is 8.92. The molecule has 0 saturated carbocycles. The van der Waals surface area contributed by atoms with Gasteiger partial charge in [0.2, 0.25) is 0 Å². The monoisotopic (exact) mass is 259 g/mol. The molecule has 0 aliphatic carbocycles. The van der Waals surface area contributed by atoms with E-state index in [2.05, 4.69) is 4.98 Å². The molecule has 0 saturated heterocycles. The number of nitrogens with zero attached hydrogens (tertiary/aromatic N) is 2. The molecule has 3 aromatic rings. The Bertz CT molecular complexity index is 714. The number of anilines is 1. The molecule has 0 aliphatic rings. The van der Waals surface area contributed by atoms with Gasteiger partial charge in [-0.1, -0.05) is 0 Å². The Balaban J connectivity index is 2.25. The van der Waals surface area contributed by atoms with Crippen molar-refractivity contribution < 1.29 is 4.74 Å². The van der Waals surface area contributed by atoms with E-state index in [1.807, 2.05) is 41.3 Å². The number of thiophene rings is 1. The maximum atomic E-state index is 5.96. The van der Waals surface area contributed by atoms with Crippen LogP contribution in [0.25, 0.3) is 22.4 Å². The van der Waals surface area contributed by atoms with E-state index in [-0.39, 0.29) is 0 Å². The van der Waals surface area contributed by atoms with Gasteiger partial charge >= 0.3 is 0 Å². The zero-order valence-electron chi connectivity index (χ0n) is 10.2. The topological polar surface area (TPSA) is 53.1 Å². The fourth-order valence-electron chi connectivity index (χ4n) is 2.05. The van der Waals surface area contributed by atoms with Crippen molar-refractivity contribution in [2.45, 2.75) is 0 Å². The Morgan fingerprint density at radius 2 is 2.17 bits per heavy atom. The first-order valence-electron chi connectivity index (χ1n) is 5.54. The summed E-state index contributed by atoms with van der Waals surface area (Å²) in [6.45, 7) is 0. The summed E-state index contributed by atoms with van der Waals surface area (Å²) in [5, 5.41) is 2.77. The molecule has 0 bridgehead atoms. The number of nitrogen functional groups attached to an aromatic ring is 1. The Kier molecular flexibility index (Phi) is 2.48. The summed E-state index contributed by atoms with van der Waals surface area (Å²) >= 11 is 1.53. The molecule has 2 N–H and O–H groups in total. The van der Waals surface area contributed by atoms with Gasteiger partial charge in [0.05, 0.1) is 28.7 Å². The molecule has 0 radical (unpaired) electrons. The molecule has 0 unspecified atom stereocenters. The summed E-state index contributed by atoms with van der Waals surface area (Å²) < 4.78 is 7.26. The summed E-state index contributed by atoms with van der Waals surface area (Å²) in [6, 6.07) is 7.87. The summed E-state index contributed by atoms with van der Waals surface area (Å²) in [6.07, 6.45) is 0. The number of fused-ring (bicyclic) bond motifs is 1. The van der Waals surface area contributed by atoms with Gasteiger partial charge < -0.3 is 15.0 Å². The second-order valence-electron chi connectivity index (χ2n) is 4.05. The van der Waals surface area contributed by atoms with Gasteiger partial charge in [0.25, 0.3) is 0 Å². The van der Waals surface area contributed by atoms with Gasteiger partial charge in [-0.25, -0.2) is 4.98 Å². The van der Waals surface area contributed by atoms with Crippen LogP contribution in [0.2, 0.25) is 0 Å². The lowest BCUT2D eigenvalue weighted by atomic mass is 10.3. The fourth-order valence-corrected chi connectivity index (χ4v) is 2.69. The molecular formula is C13H13N3OS. The number of benzene rings is 1. The normalized spacial score (nSPS) is 11.0. The van der Waals surface area contributed by atoms with Crippen molar-refractivity contribution in [1.82, 2.24) is 9.55 Å². The highest BCUT2D eigenvalue weighted by molar-refractivity contribution is 7.14. The van der Waals surface area contributed by atoms with Crippen molar-refractivity contribution in [3.05, 3.63) is 29.6 Å². The van der Waals surface area contributed by atoms with Crippen LogP contribution in [0.3, 0.4) is 0 Å². The molecule has 0 aliphatic heterocycles. The first-order valence-corrected chi connectivity index (χ1v) is 6.42. The lowest BCUT2D eigenvalue weighted by Gasteiger charge is -2.01. The average molecular weight is 259 g/mol. The number of imidazole rings is 1. The average Bonchev–Trinajstić information content (AvgIpc) is 2.93. The molecule has 0 fully saturated rings. The van der Waals surface area contributed by atoms with Gasteiger partial charge in [-0.05, 0) is 23.6 Å². The van der Waals surface area contributed by atoms with Crippen LogP contribution in [0, 0.1) is 0 Å². The van der Waals surface area contributed by atoms with Gasteiger partial charge in [0.15, 0.2) is 0 Å². The lowest BCUT2D eigenvalue weighted by molar-refractivity contribution is 0.415. The van der Waals surface area contributed by atoms with Crippen molar-refractivity contribution in [3.8, 4) is 17.1 Å². The third-order valence-corrected chi connectivity index (χ3v) is 3.77. The second-order valence-corrected chi connectivity index (χ2v) is 5.00. The predicted molar refractivity (Wildman–Crippen MR) is 75.0 cm³/mol. The molecule has 1 aromatic carbocycles. The molecule has 2 aromatic heterocycles. The van der Waals surface area contributed by atoms with Gasteiger partial charge in [0, 0.05) is 13.1 Å². The maximum absolute atomic E-state index is 5.96. The second kappa shape index (κ2) is 4.03. The van der Waals surface area contributed by atoms with E-state index < -0.39 is 0 Å². The van der Waals surface area contributed by atoms with E-state index in [1.165, 1.54) is 11.3 Å². The molecule has 4 nitrogen and oxygen atoms in total. The number of methoxy groups -OCH3 is 1. The molecule has 18 heavy (non-hydrogen) atoms. The third-order valence-electron chi connectivity index (χ3n) is 3.02. The van der Waals surface area contributed by atoms with Crippen LogP contribution in [0.5, 0.6) is 5.75 Å². The van der Waals surface area contributed by atoms with Crippen LogP contribution < -0.4 is 10.5 Å². The van der Waals surface area contributed by atoms with E-state index in [0.29, 0.717) is 0 Å². The smallest absolute Gasteiger partial charge is 0.143 e. The molecule has 2 heterocycles. The minimum Gasteiger partial charge on any atom is -0.497 e. The first kappa shape index (κ1) is 11.1. The van der Waals surface area contributed by atoms with Gasteiger partial charge in [-0.3, -0.25) is 0 Å². The number of hydrogen-bond acceptors (Lipinski definition) is 4. The molecule has 5 heteroatoms. The Labute approximate surface area is 109 Å². The quantitative estimate of drug-likeness (QED) is 0.770. The Morgan fingerprint density at radius 1 is 1.33 bits per heavy atom. The molecule has 92 valence electrons. The van der Waals surface area contributed by atoms with E-state index in [4.69, 9.17) is 10.5 Å². The van der Waals surface area contributed by atoms with Crippen molar-refractivity contribution >= 4 is 27.4 Å². The SMILES string of the molecule is COc1ccc2c(c1)nc(-c1ccsc1N)n2C. The Morgan fingerprint density at radius 3 is 2.83 bits per heavy atom.